The van der Waals surface area contributed by atoms with Gasteiger partial charge in [0.15, 0.2) is 0 Å². The third-order valence-electron chi connectivity index (χ3n) is 2.89. The third-order valence-corrected chi connectivity index (χ3v) is 2.89. The average Bonchev–Trinajstić information content (AvgIpc) is 2.09. The zero-order valence-electron chi connectivity index (χ0n) is 9.00. The molecule has 0 spiro atoms. The first-order valence-corrected chi connectivity index (χ1v) is 5.63. The molecule has 1 fully saturated rings. The number of hydrogen-bond acceptors (Lipinski definition) is 3. The Morgan fingerprint density at radius 2 is 2.29 bits per heavy atom. The number of carbonyl (C=O) groups excluding carboxylic acids is 1. The Morgan fingerprint density at radius 1 is 1.57 bits per heavy atom. The number of esters is 1. The summed E-state index contributed by atoms with van der Waals surface area (Å²) in [4.78, 5) is 11.0. The summed E-state index contributed by atoms with van der Waals surface area (Å²) in [5, 5.41) is 0. The van der Waals surface area contributed by atoms with Crippen LogP contribution in [0.15, 0.2) is 0 Å². The fourth-order valence-corrected chi connectivity index (χ4v) is 1.81. The molecule has 0 radical (unpaired) electrons. The molecular formula is C11H21NO2. The van der Waals surface area contributed by atoms with E-state index in [9.17, 15) is 4.79 Å². The molecule has 14 heavy (non-hydrogen) atoms. The Bertz CT molecular complexity index is 178. The van der Waals surface area contributed by atoms with Gasteiger partial charge in [0, 0.05) is 12.5 Å². The molecule has 1 aliphatic rings. The van der Waals surface area contributed by atoms with E-state index in [2.05, 4.69) is 0 Å². The zero-order valence-corrected chi connectivity index (χ0v) is 9.00. The maximum Gasteiger partial charge on any atom is 0.305 e. The number of ether oxygens (including phenoxy) is 1. The van der Waals surface area contributed by atoms with Crippen molar-refractivity contribution in [1.29, 1.82) is 0 Å². The molecule has 1 unspecified atom stereocenters. The smallest absolute Gasteiger partial charge is 0.305 e. The minimum absolute atomic E-state index is 0.114. The quantitative estimate of drug-likeness (QED) is 0.664. The van der Waals surface area contributed by atoms with Crippen molar-refractivity contribution in [3.63, 3.8) is 0 Å². The molecule has 0 aliphatic heterocycles. The highest BCUT2D eigenvalue weighted by Crippen LogP contribution is 2.30. The van der Waals surface area contributed by atoms with E-state index >= 15 is 0 Å². The molecule has 1 aliphatic carbocycles. The van der Waals surface area contributed by atoms with E-state index < -0.39 is 0 Å². The summed E-state index contributed by atoms with van der Waals surface area (Å²) in [5.74, 6) is 0.712. The molecule has 0 amide bonds. The first kappa shape index (κ1) is 11.5. The maximum absolute atomic E-state index is 11.0. The van der Waals surface area contributed by atoms with E-state index in [1.807, 2.05) is 6.92 Å². The Hall–Kier alpha value is -0.570. The molecule has 0 saturated heterocycles. The summed E-state index contributed by atoms with van der Waals surface area (Å²) in [6, 6.07) is 0.185. The minimum Gasteiger partial charge on any atom is -0.466 e. The predicted octanol–water partition coefficient (Wildman–Crippen LogP) is 1.85. The van der Waals surface area contributed by atoms with Crippen LogP contribution >= 0.6 is 0 Å². The Kier molecular flexibility index (Phi) is 4.94. The molecular weight excluding hydrogens is 178 g/mol. The van der Waals surface area contributed by atoms with Crippen molar-refractivity contribution >= 4 is 5.97 Å². The van der Waals surface area contributed by atoms with Gasteiger partial charge in [-0.2, -0.15) is 0 Å². The lowest BCUT2D eigenvalue weighted by atomic mass is 9.80. The standard InChI is InChI=1S/C11H21NO2/c1-2-14-11(13)7-6-10(12)8-9-4-3-5-9/h9-10H,2-8,12H2,1H3. The monoisotopic (exact) mass is 199 g/mol. The van der Waals surface area contributed by atoms with Gasteiger partial charge in [0.25, 0.3) is 0 Å². The molecule has 82 valence electrons. The summed E-state index contributed by atoms with van der Waals surface area (Å²) < 4.78 is 4.84. The molecule has 1 rings (SSSR count). The van der Waals surface area contributed by atoms with Crippen molar-refractivity contribution in [2.75, 3.05) is 6.61 Å². The lowest BCUT2D eigenvalue weighted by molar-refractivity contribution is -0.143. The first-order valence-electron chi connectivity index (χ1n) is 5.63. The predicted molar refractivity (Wildman–Crippen MR) is 55.8 cm³/mol. The number of hydrogen-bond donors (Lipinski definition) is 1. The van der Waals surface area contributed by atoms with Gasteiger partial charge < -0.3 is 10.5 Å². The number of carbonyl (C=O) groups is 1. The van der Waals surface area contributed by atoms with Gasteiger partial charge in [0.2, 0.25) is 0 Å². The topological polar surface area (TPSA) is 52.3 Å². The van der Waals surface area contributed by atoms with E-state index in [4.69, 9.17) is 10.5 Å². The van der Waals surface area contributed by atoms with Crippen molar-refractivity contribution < 1.29 is 9.53 Å². The summed E-state index contributed by atoms with van der Waals surface area (Å²) in [7, 11) is 0. The van der Waals surface area contributed by atoms with Crippen LogP contribution in [0.25, 0.3) is 0 Å². The van der Waals surface area contributed by atoms with E-state index in [-0.39, 0.29) is 12.0 Å². The minimum atomic E-state index is -0.114. The molecule has 0 aromatic heterocycles. The van der Waals surface area contributed by atoms with Crippen LogP contribution in [0.1, 0.15) is 45.4 Å². The number of nitrogens with two attached hydrogens (primary N) is 1. The molecule has 1 atom stereocenters. The Labute approximate surface area is 86.0 Å². The van der Waals surface area contributed by atoms with Crippen molar-refractivity contribution in [2.45, 2.75) is 51.5 Å². The molecule has 0 heterocycles. The molecule has 3 nitrogen and oxygen atoms in total. The lowest BCUT2D eigenvalue weighted by Gasteiger charge is -2.27. The van der Waals surface area contributed by atoms with Crippen LogP contribution in [0.5, 0.6) is 0 Å². The second-order valence-electron chi connectivity index (χ2n) is 4.14. The van der Waals surface area contributed by atoms with Crippen molar-refractivity contribution in [3.05, 3.63) is 0 Å². The number of rotatable bonds is 6. The van der Waals surface area contributed by atoms with E-state index in [0.29, 0.717) is 13.0 Å². The normalized spacial score (nSPS) is 18.7. The van der Waals surface area contributed by atoms with Crippen LogP contribution in [-0.2, 0) is 9.53 Å². The summed E-state index contributed by atoms with van der Waals surface area (Å²) in [6.45, 7) is 2.29. The van der Waals surface area contributed by atoms with Gasteiger partial charge >= 0.3 is 5.97 Å². The summed E-state index contributed by atoms with van der Waals surface area (Å²) in [5.41, 5.74) is 5.92. The fourth-order valence-electron chi connectivity index (χ4n) is 1.81. The lowest BCUT2D eigenvalue weighted by Crippen LogP contribution is -2.27. The van der Waals surface area contributed by atoms with Crippen LogP contribution in [0, 0.1) is 5.92 Å². The van der Waals surface area contributed by atoms with Crippen LogP contribution in [0.3, 0.4) is 0 Å². The molecule has 3 heteroatoms. The third kappa shape index (κ3) is 4.09. The van der Waals surface area contributed by atoms with Crippen molar-refractivity contribution in [3.8, 4) is 0 Å². The molecule has 2 N–H and O–H groups in total. The highest BCUT2D eigenvalue weighted by Gasteiger charge is 2.20. The van der Waals surface area contributed by atoms with Crippen LogP contribution in [-0.4, -0.2) is 18.6 Å². The molecule has 0 bridgehead atoms. The van der Waals surface area contributed by atoms with Gasteiger partial charge in [0.05, 0.1) is 6.61 Å². The SMILES string of the molecule is CCOC(=O)CCC(N)CC1CCC1. The maximum atomic E-state index is 11.0. The van der Waals surface area contributed by atoms with Gasteiger partial charge in [-0.1, -0.05) is 19.3 Å². The largest absolute Gasteiger partial charge is 0.466 e. The van der Waals surface area contributed by atoms with Gasteiger partial charge in [0.1, 0.15) is 0 Å². The zero-order chi connectivity index (χ0) is 10.4. The Morgan fingerprint density at radius 3 is 2.79 bits per heavy atom. The van der Waals surface area contributed by atoms with E-state index in [1.54, 1.807) is 0 Å². The van der Waals surface area contributed by atoms with Gasteiger partial charge in [-0.15, -0.1) is 0 Å². The molecule has 0 aromatic carbocycles. The second-order valence-corrected chi connectivity index (χ2v) is 4.14. The van der Waals surface area contributed by atoms with Crippen LogP contribution < -0.4 is 5.73 Å². The molecule has 1 saturated carbocycles. The second kappa shape index (κ2) is 6.02. The highest BCUT2D eigenvalue weighted by atomic mass is 16.5. The van der Waals surface area contributed by atoms with Gasteiger partial charge in [-0.3, -0.25) is 4.79 Å². The van der Waals surface area contributed by atoms with E-state index in [0.717, 1.165) is 18.8 Å². The first-order chi connectivity index (χ1) is 6.72. The van der Waals surface area contributed by atoms with Crippen LogP contribution in [0.4, 0.5) is 0 Å². The van der Waals surface area contributed by atoms with E-state index in [1.165, 1.54) is 19.3 Å². The summed E-state index contributed by atoms with van der Waals surface area (Å²) >= 11 is 0. The molecule has 0 aromatic rings. The fraction of sp³-hybridized carbons (Fsp3) is 0.909. The highest BCUT2D eigenvalue weighted by molar-refractivity contribution is 5.69. The van der Waals surface area contributed by atoms with Gasteiger partial charge in [-0.05, 0) is 25.7 Å². The Balaban J connectivity index is 2.01. The summed E-state index contributed by atoms with van der Waals surface area (Å²) in [6.07, 6.45) is 6.34. The van der Waals surface area contributed by atoms with Gasteiger partial charge in [-0.25, -0.2) is 0 Å². The van der Waals surface area contributed by atoms with Crippen molar-refractivity contribution in [1.82, 2.24) is 0 Å². The average molecular weight is 199 g/mol. The van der Waals surface area contributed by atoms with Crippen molar-refractivity contribution in [2.24, 2.45) is 11.7 Å². The van der Waals surface area contributed by atoms with Crippen LogP contribution in [0.2, 0.25) is 0 Å².